The van der Waals surface area contributed by atoms with Crippen molar-refractivity contribution < 1.29 is 9.18 Å². The molecule has 2 unspecified atom stereocenters. The van der Waals surface area contributed by atoms with Gasteiger partial charge < -0.3 is 11.1 Å². The van der Waals surface area contributed by atoms with E-state index in [2.05, 4.69) is 5.32 Å². The predicted octanol–water partition coefficient (Wildman–Crippen LogP) is 1.76. The summed E-state index contributed by atoms with van der Waals surface area (Å²) in [5.74, 6) is -0.613. The third-order valence-electron chi connectivity index (χ3n) is 2.77. The molecule has 5 heteroatoms. The first-order chi connectivity index (χ1) is 7.59. The van der Waals surface area contributed by atoms with E-state index < -0.39 is 11.9 Å². The van der Waals surface area contributed by atoms with Gasteiger partial charge in [-0.1, -0.05) is 23.7 Å². The van der Waals surface area contributed by atoms with Gasteiger partial charge in [0.2, 0.25) is 5.91 Å². The molecule has 0 spiro atoms. The second-order valence-corrected chi connectivity index (χ2v) is 4.30. The molecule has 16 heavy (non-hydrogen) atoms. The Morgan fingerprint density at radius 2 is 2.25 bits per heavy atom. The van der Waals surface area contributed by atoms with Gasteiger partial charge in [-0.25, -0.2) is 4.39 Å². The van der Waals surface area contributed by atoms with Gasteiger partial charge in [0.15, 0.2) is 0 Å². The smallest absolute Gasteiger partial charge is 0.220 e. The fourth-order valence-corrected chi connectivity index (χ4v) is 2.07. The van der Waals surface area contributed by atoms with Crippen molar-refractivity contribution in [1.82, 2.24) is 5.32 Å². The van der Waals surface area contributed by atoms with Crippen molar-refractivity contribution in [2.75, 3.05) is 0 Å². The van der Waals surface area contributed by atoms with Crippen LogP contribution >= 0.6 is 11.6 Å². The Bertz CT molecular complexity index is 424. The lowest BCUT2D eigenvalue weighted by atomic mass is 9.92. The average Bonchev–Trinajstić information content (AvgIpc) is 2.26. The van der Waals surface area contributed by atoms with Crippen LogP contribution < -0.4 is 11.1 Å². The van der Waals surface area contributed by atoms with E-state index in [1.807, 2.05) is 0 Å². The Hall–Kier alpha value is -1.13. The predicted molar refractivity (Wildman–Crippen MR) is 59.5 cm³/mol. The standard InChI is InChI=1S/C11H12ClFN2O/c12-7-3-1-2-6(10(7)13)11-8(14)4-5-9(16)15-11/h1-3,8,11H,4-5,14H2,(H,15,16). The molecule has 86 valence electrons. The zero-order chi connectivity index (χ0) is 11.7. The third-order valence-corrected chi connectivity index (χ3v) is 3.06. The first-order valence-electron chi connectivity index (χ1n) is 5.08. The van der Waals surface area contributed by atoms with Gasteiger partial charge in [0.25, 0.3) is 0 Å². The summed E-state index contributed by atoms with van der Waals surface area (Å²) in [6.45, 7) is 0. The summed E-state index contributed by atoms with van der Waals surface area (Å²) in [5, 5.41) is 2.73. The molecule has 0 aromatic heterocycles. The number of piperidine rings is 1. The molecule has 0 aliphatic carbocycles. The van der Waals surface area contributed by atoms with Crippen molar-refractivity contribution in [2.45, 2.75) is 24.9 Å². The van der Waals surface area contributed by atoms with Gasteiger partial charge in [-0.05, 0) is 12.5 Å². The molecule has 0 bridgehead atoms. The molecule has 1 heterocycles. The number of carbonyl (C=O) groups is 1. The molecular formula is C11H12ClFN2O. The minimum Gasteiger partial charge on any atom is -0.348 e. The summed E-state index contributed by atoms with van der Waals surface area (Å²) in [6.07, 6.45) is 0.947. The number of amides is 1. The monoisotopic (exact) mass is 242 g/mol. The van der Waals surface area contributed by atoms with Crippen molar-refractivity contribution in [2.24, 2.45) is 5.73 Å². The lowest BCUT2D eigenvalue weighted by Gasteiger charge is -2.30. The molecule has 3 nitrogen and oxygen atoms in total. The normalized spacial score (nSPS) is 25.3. The van der Waals surface area contributed by atoms with E-state index in [1.165, 1.54) is 6.07 Å². The first kappa shape index (κ1) is 11.4. The van der Waals surface area contributed by atoms with Crippen LogP contribution in [0.25, 0.3) is 0 Å². The highest BCUT2D eigenvalue weighted by Gasteiger charge is 2.29. The maximum atomic E-state index is 13.7. The molecule has 1 fully saturated rings. The summed E-state index contributed by atoms with van der Waals surface area (Å²) >= 11 is 5.69. The highest BCUT2D eigenvalue weighted by Crippen LogP contribution is 2.28. The second-order valence-electron chi connectivity index (χ2n) is 3.89. The molecule has 1 aliphatic heterocycles. The van der Waals surface area contributed by atoms with Gasteiger partial charge in [0.1, 0.15) is 5.82 Å². The van der Waals surface area contributed by atoms with Crippen LogP contribution in [-0.4, -0.2) is 11.9 Å². The summed E-state index contributed by atoms with van der Waals surface area (Å²) in [7, 11) is 0. The van der Waals surface area contributed by atoms with Crippen LogP contribution in [0.2, 0.25) is 5.02 Å². The molecule has 2 atom stereocenters. The highest BCUT2D eigenvalue weighted by atomic mass is 35.5. The Balaban J connectivity index is 2.35. The molecular weight excluding hydrogens is 231 g/mol. The van der Waals surface area contributed by atoms with Crippen LogP contribution in [0.15, 0.2) is 18.2 Å². The Kier molecular flexibility index (Phi) is 3.12. The van der Waals surface area contributed by atoms with Crippen LogP contribution in [0.1, 0.15) is 24.4 Å². The van der Waals surface area contributed by atoms with Crippen molar-refractivity contribution in [1.29, 1.82) is 0 Å². The van der Waals surface area contributed by atoms with E-state index >= 15 is 0 Å². The van der Waals surface area contributed by atoms with Crippen molar-refractivity contribution in [3.8, 4) is 0 Å². The molecule has 1 saturated heterocycles. The van der Waals surface area contributed by atoms with Crippen molar-refractivity contribution >= 4 is 17.5 Å². The molecule has 1 aromatic carbocycles. The Morgan fingerprint density at radius 1 is 1.50 bits per heavy atom. The van der Waals surface area contributed by atoms with Crippen molar-refractivity contribution in [3.63, 3.8) is 0 Å². The number of rotatable bonds is 1. The van der Waals surface area contributed by atoms with Gasteiger partial charge >= 0.3 is 0 Å². The third kappa shape index (κ3) is 2.03. The topological polar surface area (TPSA) is 55.1 Å². The maximum Gasteiger partial charge on any atom is 0.220 e. The Morgan fingerprint density at radius 3 is 3.00 bits per heavy atom. The minimum absolute atomic E-state index is 0.0459. The fourth-order valence-electron chi connectivity index (χ4n) is 1.89. The zero-order valence-corrected chi connectivity index (χ0v) is 9.30. The summed E-state index contributed by atoms with van der Waals surface area (Å²) in [5.41, 5.74) is 6.22. The SMILES string of the molecule is NC1CCC(=O)NC1c1cccc(Cl)c1F. The van der Waals surface area contributed by atoms with Gasteiger partial charge in [-0.3, -0.25) is 4.79 Å². The van der Waals surface area contributed by atoms with E-state index in [4.69, 9.17) is 17.3 Å². The summed E-state index contributed by atoms with van der Waals surface area (Å²) in [6, 6.07) is 3.95. The van der Waals surface area contributed by atoms with E-state index in [1.54, 1.807) is 12.1 Å². The fraction of sp³-hybridized carbons (Fsp3) is 0.364. The number of nitrogens with one attached hydrogen (secondary N) is 1. The van der Waals surface area contributed by atoms with Crippen LogP contribution in [0, 0.1) is 5.82 Å². The minimum atomic E-state index is -0.508. The number of hydrogen-bond donors (Lipinski definition) is 2. The van der Waals surface area contributed by atoms with E-state index in [0.717, 1.165) is 0 Å². The lowest BCUT2D eigenvalue weighted by molar-refractivity contribution is -0.123. The molecule has 1 amide bonds. The van der Waals surface area contributed by atoms with Gasteiger partial charge in [0, 0.05) is 18.0 Å². The molecule has 2 rings (SSSR count). The lowest BCUT2D eigenvalue weighted by Crippen LogP contribution is -2.46. The highest BCUT2D eigenvalue weighted by molar-refractivity contribution is 6.30. The van der Waals surface area contributed by atoms with Gasteiger partial charge in [0.05, 0.1) is 11.1 Å². The quantitative estimate of drug-likeness (QED) is 0.789. The summed E-state index contributed by atoms with van der Waals surface area (Å²) < 4.78 is 13.7. The Labute approximate surface area is 97.8 Å². The maximum absolute atomic E-state index is 13.7. The van der Waals surface area contributed by atoms with Crippen LogP contribution in [0.5, 0.6) is 0 Å². The zero-order valence-electron chi connectivity index (χ0n) is 8.54. The van der Waals surface area contributed by atoms with Crippen molar-refractivity contribution in [3.05, 3.63) is 34.6 Å². The van der Waals surface area contributed by atoms with E-state index in [-0.39, 0.29) is 17.0 Å². The van der Waals surface area contributed by atoms with Crippen LogP contribution in [0.4, 0.5) is 4.39 Å². The molecule has 0 radical (unpaired) electrons. The number of hydrogen-bond acceptors (Lipinski definition) is 2. The molecule has 1 aliphatic rings. The number of nitrogens with two attached hydrogens (primary N) is 1. The van der Waals surface area contributed by atoms with E-state index in [0.29, 0.717) is 18.4 Å². The van der Waals surface area contributed by atoms with Crippen LogP contribution in [-0.2, 0) is 4.79 Å². The summed E-state index contributed by atoms with van der Waals surface area (Å²) in [4.78, 5) is 11.3. The molecule has 1 aromatic rings. The average molecular weight is 243 g/mol. The van der Waals surface area contributed by atoms with Gasteiger partial charge in [-0.2, -0.15) is 0 Å². The number of carbonyl (C=O) groups excluding carboxylic acids is 1. The molecule has 0 saturated carbocycles. The second kappa shape index (κ2) is 4.39. The van der Waals surface area contributed by atoms with Gasteiger partial charge in [-0.15, -0.1) is 0 Å². The first-order valence-corrected chi connectivity index (χ1v) is 5.46. The van der Waals surface area contributed by atoms with Crippen LogP contribution in [0.3, 0.4) is 0 Å². The number of benzene rings is 1. The molecule has 3 N–H and O–H groups in total. The largest absolute Gasteiger partial charge is 0.348 e. The number of halogens is 2. The van der Waals surface area contributed by atoms with E-state index in [9.17, 15) is 9.18 Å².